The van der Waals surface area contributed by atoms with Gasteiger partial charge in [0.2, 0.25) is 5.91 Å². The van der Waals surface area contributed by atoms with Gasteiger partial charge in [0.15, 0.2) is 6.61 Å². The van der Waals surface area contributed by atoms with E-state index in [9.17, 15) is 9.59 Å². The van der Waals surface area contributed by atoms with Crippen LogP contribution in [0, 0.1) is 6.92 Å². The van der Waals surface area contributed by atoms with Crippen molar-refractivity contribution in [2.24, 2.45) is 0 Å². The molecule has 1 saturated carbocycles. The van der Waals surface area contributed by atoms with Gasteiger partial charge in [0.05, 0.1) is 0 Å². The first-order chi connectivity index (χ1) is 18.0. The molecule has 2 amide bonds. The van der Waals surface area contributed by atoms with E-state index in [0.29, 0.717) is 17.2 Å². The second-order valence-electron chi connectivity index (χ2n) is 9.75. The maximum Gasteiger partial charge on any atom is 0.261 e. The summed E-state index contributed by atoms with van der Waals surface area (Å²) in [6.45, 7) is 2.04. The van der Waals surface area contributed by atoms with Gasteiger partial charge in [-0.3, -0.25) is 9.59 Å². The average molecular weight is 519 g/mol. The van der Waals surface area contributed by atoms with Gasteiger partial charge >= 0.3 is 0 Å². The Morgan fingerprint density at radius 3 is 2.38 bits per heavy atom. The van der Waals surface area contributed by atoms with Gasteiger partial charge in [-0.25, -0.2) is 0 Å². The zero-order valence-corrected chi connectivity index (χ0v) is 22.1. The molecule has 1 fully saturated rings. The molecule has 0 heterocycles. The fourth-order valence-electron chi connectivity index (χ4n) is 4.87. The zero-order chi connectivity index (χ0) is 26.0. The largest absolute Gasteiger partial charge is 0.484 e. The predicted molar refractivity (Wildman–Crippen MR) is 148 cm³/mol. The molecule has 1 N–H and O–H groups in total. The summed E-state index contributed by atoms with van der Waals surface area (Å²) in [7, 11) is 0. The van der Waals surface area contributed by atoms with Crippen molar-refractivity contribution in [2.45, 2.75) is 64.1 Å². The van der Waals surface area contributed by atoms with Crippen LogP contribution >= 0.6 is 11.6 Å². The molecule has 0 radical (unpaired) electrons. The van der Waals surface area contributed by atoms with E-state index in [1.807, 2.05) is 79.7 Å². The first-order valence-electron chi connectivity index (χ1n) is 13.1. The third-order valence-corrected chi connectivity index (χ3v) is 7.14. The molecule has 0 bridgehead atoms. The number of amides is 2. The van der Waals surface area contributed by atoms with E-state index in [4.69, 9.17) is 16.3 Å². The molecular weight excluding hydrogens is 484 g/mol. The number of ether oxygens (including phenoxy) is 1. The maximum absolute atomic E-state index is 13.8. The summed E-state index contributed by atoms with van der Waals surface area (Å²) in [5.41, 5.74) is 2.81. The zero-order valence-electron chi connectivity index (χ0n) is 21.4. The van der Waals surface area contributed by atoms with Crippen LogP contribution in [0.4, 0.5) is 0 Å². The molecule has 0 spiro atoms. The van der Waals surface area contributed by atoms with Crippen molar-refractivity contribution in [1.29, 1.82) is 0 Å². The molecule has 1 aliphatic carbocycles. The first kappa shape index (κ1) is 26.7. The number of para-hydroxylation sites is 1. The molecule has 3 aromatic rings. The minimum absolute atomic E-state index is 0.123. The lowest BCUT2D eigenvalue weighted by Crippen LogP contribution is -2.53. The normalized spacial score (nSPS) is 14.5. The molecule has 3 aromatic carbocycles. The maximum atomic E-state index is 13.8. The second kappa shape index (κ2) is 13.3. The van der Waals surface area contributed by atoms with Crippen LogP contribution < -0.4 is 10.1 Å². The fourth-order valence-corrected chi connectivity index (χ4v) is 5.08. The van der Waals surface area contributed by atoms with Gasteiger partial charge in [-0.15, -0.1) is 0 Å². The third-order valence-electron chi connectivity index (χ3n) is 6.91. The molecule has 6 heteroatoms. The fraction of sp³-hybridized carbons (Fsp3) is 0.355. The van der Waals surface area contributed by atoms with Crippen molar-refractivity contribution < 1.29 is 14.3 Å². The Kier molecular flexibility index (Phi) is 9.61. The Bertz CT molecular complexity index is 1180. The van der Waals surface area contributed by atoms with E-state index in [1.54, 1.807) is 11.0 Å². The number of carbonyl (C=O) groups excluding carboxylic acids is 2. The number of rotatable bonds is 10. The highest BCUT2D eigenvalue weighted by Gasteiger charge is 2.32. The van der Waals surface area contributed by atoms with Gasteiger partial charge in [0.25, 0.3) is 5.91 Å². The Morgan fingerprint density at radius 1 is 0.946 bits per heavy atom. The smallest absolute Gasteiger partial charge is 0.261 e. The van der Waals surface area contributed by atoms with Gasteiger partial charge in [0.1, 0.15) is 11.8 Å². The van der Waals surface area contributed by atoms with Gasteiger partial charge in [-0.1, -0.05) is 91.5 Å². The highest BCUT2D eigenvalue weighted by molar-refractivity contribution is 6.30. The number of carbonyl (C=O) groups is 2. The van der Waals surface area contributed by atoms with Gasteiger partial charge < -0.3 is 15.0 Å². The molecule has 37 heavy (non-hydrogen) atoms. The summed E-state index contributed by atoms with van der Waals surface area (Å²) in [5, 5.41) is 3.85. The van der Waals surface area contributed by atoms with E-state index in [-0.39, 0.29) is 31.0 Å². The van der Waals surface area contributed by atoms with Crippen molar-refractivity contribution in [3.8, 4) is 5.75 Å². The van der Waals surface area contributed by atoms with E-state index in [2.05, 4.69) is 5.32 Å². The van der Waals surface area contributed by atoms with Crippen molar-refractivity contribution in [3.05, 3.63) is 101 Å². The number of halogens is 1. The predicted octanol–water partition coefficient (Wildman–Crippen LogP) is 6.12. The van der Waals surface area contributed by atoms with Crippen LogP contribution in [0.15, 0.2) is 78.9 Å². The first-order valence-corrected chi connectivity index (χ1v) is 13.4. The van der Waals surface area contributed by atoms with Crippen molar-refractivity contribution in [1.82, 2.24) is 10.2 Å². The van der Waals surface area contributed by atoms with E-state index >= 15 is 0 Å². The van der Waals surface area contributed by atoms with Crippen molar-refractivity contribution in [2.75, 3.05) is 6.61 Å². The number of benzene rings is 3. The topological polar surface area (TPSA) is 58.6 Å². The lowest BCUT2D eigenvalue weighted by molar-refractivity contribution is -0.143. The lowest BCUT2D eigenvalue weighted by Gasteiger charge is -2.33. The number of nitrogens with zero attached hydrogens (tertiary/aromatic N) is 1. The van der Waals surface area contributed by atoms with Crippen LogP contribution in [0.3, 0.4) is 0 Å². The van der Waals surface area contributed by atoms with E-state index in [1.165, 1.54) is 6.42 Å². The lowest BCUT2D eigenvalue weighted by atomic mass is 9.94. The third kappa shape index (κ3) is 7.83. The summed E-state index contributed by atoms with van der Waals surface area (Å²) < 4.78 is 5.92. The highest BCUT2D eigenvalue weighted by atomic mass is 35.5. The van der Waals surface area contributed by atoms with Crippen LogP contribution in [0.25, 0.3) is 0 Å². The molecule has 0 aliphatic heterocycles. The molecule has 1 atom stereocenters. The van der Waals surface area contributed by atoms with Gasteiger partial charge in [-0.2, -0.15) is 0 Å². The molecule has 0 unspecified atom stereocenters. The summed E-state index contributed by atoms with van der Waals surface area (Å²) in [5.74, 6) is 0.287. The highest BCUT2D eigenvalue weighted by Crippen LogP contribution is 2.21. The standard InChI is InChI=1S/C31H35ClN2O3/c1-23-11-8-9-18-29(23)37-22-30(35)34(21-25-14-10-15-26(32)19-25)28(20-24-12-4-2-5-13-24)31(36)33-27-16-6-3-7-17-27/h2,4-5,8-15,18-19,27-28H,3,6-7,16-17,20-22H2,1H3,(H,33,36)/t28-/m0/s1. The summed E-state index contributed by atoms with van der Waals surface area (Å²) in [4.78, 5) is 29.2. The number of hydrogen-bond donors (Lipinski definition) is 1. The van der Waals surface area contributed by atoms with E-state index in [0.717, 1.165) is 42.4 Å². The van der Waals surface area contributed by atoms with Crippen LogP contribution in [-0.4, -0.2) is 35.4 Å². The number of nitrogens with one attached hydrogen (secondary N) is 1. The van der Waals surface area contributed by atoms with Crippen LogP contribution in [0.5, 0.6) is 5.75 Å². The van der Waals surface area contributed by atoms with Crippen LogP contribution in [0.1, 0.15) is 48.8 Å². The average Bonchev–Trinajstić information content (AvgIpc) is 2.91. The summed E-state index contributed by atoms with van der Waals surface area (Å²) in [6.07, 6.45) is 5.80. The monoisotopic (exact) mass is 518 g/mol. The molecule has 1 aliphatic rings. The Balaban J connectivity index is 1.62. The van der Waals surface area contributed by atoms with E-state index < -0.39 is 6.04 Å². The van der Waals surface area contributed by atoms with Crippen LogP contribution in [-0.2, 0) is 22.6 Å². The molecule has 194 valence electrons. The molecule has 0 aromatic heterocycles. The Hall–Kier alpha value is -3.31. The molecule has 4 rings (SSSR count). The quantitative estimate of drug-likeness (QED) is 0.352. The minimum atomic E-state index is -0.684. The summed E-state index contributed by atoms with van der Waals surface area (Å²) in [6, 6.07) is 24.3. The Labute approximate surface area is 224 Å². The number of aryl methyl sites for hydroxylation is 1. The minimum Gasteiger partial charge on any atom is -0.484 e. The van der Waals surface area contributed by atoms with Crippen molar-refractivity contribution in [3.63, 3.8) is 0 Å². The number of hydrogen-bond acceptors (Lipinski definition) is 3. The molecule has 0 saturated heterocycles. The van der Waals surface area contributed by atoms with Crippen molar-refractivity contribution >= 4 is 23.4 Å². The molecular formula is C31H35ClN2O3. The van der Waals surface area contributed by atoms with Gasteiger partial charge in [0, 0.05) is 24.0 Å². The Morgan fingerprint density at radius 2 is 1.65 bits per heavy atom. The SMILES string of the molecule is Cc1ccccc1OCC(=O)N(Cc1cccc(Cl)c1)[C@@H](Cc1ccccc1)C(=O)NC1CCCCC1. The van der Waals surface area contributed by atoms with Gasteiger partial charge in [-0.05, 0) is 54.7 Å². The second-order valence-corrected chi connectivity index (χ2v) is 10.2. The van der Waals surface area contributed by atoms with Crippen LogP contribution in [0.2, 0.25) is 5.02 Å². The summed E-state index contributed by atoms with van der Waals surface area (Å²) >= 11 is 6.26. The molecule has 5 nitrogen and oxygen atoms in total.